The van der Waals surface area contributed by atoms with Crippen LogP contribution < -0.4 is 0 Å². The van der Waals surface area contributed by atoms with Crippen molar-refractivity contribution < 1.29 is 17.6 Å². The topological polar surface area (TPSA) is 23.8 Å². The summed E-state index contributed by atoms with van der Waals surface area (Å²) in [6.45, 7) is 10.4. The summed E-state index contributed by atoms with van der Waals surface area (Å²) >= 11 is 3.50. The van der Waals surface area contributed by atoms with Crippen molar-refractivity contribution in [2.24, 2.45) is 0 Å². The van der Waals surface area contributed by atoms with Crippen LogP contribution in [0.4, 0.5) is 5.69 Å². The second-order valence-corrected chi connectivity index (χ2v) is 3.87. The summed E-state index contributed by atoms with van der Waals surface area (Å²) in [5.74, 6) is 0. The maximum absolute atomic E-state index is 7.00. The molecule has 130 valence electrons. The molecule has 0 bridgehead atoms. The molecule has 1 N–H and O–H groups in total. The Labute approximate surface area is 168 Å². The molecule has 0 aromatic heterocycles. The minimum absolute atomic E-state index is 0. The predicted molar refractivity (Wildman–Crippen MR) is 108 cm³/mol. The third-order valence-corrected chi connectivity index (χ3v) is 2.46. The van der Waals surface area contributed by atoms with Crippen LogP contribution in [0, 0.1) is 20.9 Å². The summed E-state index contributed by atoms with van der Waals surface area (Å²) in [5.41, 5.74) is 11.6. The first kappa shape index (κ1) is 38.1. The summed E-state index contributed by atoms with van der Waals surface area (Å²) < 4.78 is 0. The van der Waals surface area contributed by atoms with Crippen LogP contribution >= 0.6 is 24.8 Å². The van der Waals surface area contributed by atoms with Crippen molar-refractivity contribution in [3.05, 3.63) is 73.7 Å². The molecule has 0 spiro atoms. The Morgan fingerprint density at radius 2 is 1.32 bits per heavy atom. The average Bonchev–Trinajstić information content (AvgIpc) is 2.40. The molecule has 0 saturated carbocycles. The third kappa shape index (κ3) is 22.6. The van der Waals surface area contributed by atoms with Gasteiger partial charge in [0, 0.05) is 0 Å². The van der Waals surface area contributed by atoms with Gasteiger partial charge in [-0.1, -0.05) is 51.1 Å². The molecule has 0 aliphatic rings. The van der Waals surface area contributed by atoms with Crippen molar-refractivity contribution in [1.82, 2.24) is 0 Å². The molecule has 0 radical (unpaired) electrons. The molecule has 1 rings (SSSR count). The van der Waals surface area contributed by atoms with Crippen LogP contribution in [0.25, 0.3) is 5.73 Å². The first-order valence-corrected chi connectivity index (χ1v) is 13.0. The van der Waals surface area contributed by atoms with Crippen LogP contribution in [-0.4, -0.2) is 13.1 Å². The first-order chi connectivity index (χ1) is 8.49. The minimum atomic E-state index is 0. The van der Waals surface area contributed by atoms with Gasteiger partial charge in [0.15, 0.2) is 0 Å². The Hall–Kier alpha value is 0.337. The van der Waals surface area contributed by atoms with Crippen LogP contribution in [-0.2, 0) is 17.6 Å². The summed E-state index contributed by atoms with van der Waals surface area (Å²) in [5, 5.41) is 0. The second-order valence-electron chi connectivity index (χ2n) is 3.87. The van der Waals surface area contributed by atoms with Crippen LogP contribution in [0.2, 0.25) is 0 Å². The van der Waals surface area contributed by atoms with Gasteiger partial charge in [-0.15, -0.1) is 44.3 Å². The number of hydrogen-bond acceptors (Lipinski definition) is 0. The van der Waals surface area contributed by atoms with Gasteiger partial charge in [0.1, 0.15) is 0 Å². The van der Waals surface area contributed by atoms with Crippen LogP contribution in [0.5, 0.6) is 0 Å². The fourth-order valence-electron chi connectivity index (χ4n) is 1.00. The van der Waals surface area contributed by atoms with Gasteiger partial charge in [0.05, 0.1) is 0 Å². The predicted octanol–water partition coefficient (Wildman–Crippen LogP) is 6.31. The number of halogens is 2. The van der Waals surface area contributed by atoms with E-state index in [0.717, 1.165) is 0 Å². The molecule has 0 aliphatic heterocycles. The zero-order valence-corrected chi connectivity index (χ0v) is 21.1. The molecule has 1 aromatic rings. The third-order valence-electron chi connectivity index (χ3n) is 2.46. The summed E-state index contributed by atoms with van der Waals surface area (Å²) in [6.07, 6.45) is 3.10. The van der Waals surface area contributed by atoms with Crippen LogP contribution in [0.3, 0.4) is 0 Å². The van der Waals surface area contributed by atoms with E-state index in [2.05, 4.69) is 51.4 Å². The molecule has 0 heterocycles. The molecule has 0 aliphatic carbocycles. The van der Waals surface area contributed by atoms with E-state index >= 15 is 0 Å². The van der Waals surface area contributed by atoms with E-state index in [0.29, 0.717) is 5.69 Å². The molecule has 5 heteroatoms. The Kier molecular flexibility index (Phi) is 45.5. The van der Waals surface area contributed by atoms with E-state index < -0.39 is 0 Å². The number of hydrogen-bond donors (Lipinski definition) is 0. The van der Waals surface area contributed by atoms with Crippen LogP contribution in [0.1, 0.15) is 34.6 Å². The summed E-state index contributed by atoms with van der Waals surface area (Å²) in [4.78, 5) is 0. The molecule has 22 heavy (non-hydrogen) atoms. The van der Waals surface area contributed by atoms with E-state index in [1.54, 1.807) is 12.1 Å². The first-order valence-electron chi connectivity index (χ1n) is 5.76. The van der Waals surface area contributed by atoms with Gasteiger partial charge in [-0.2, -0.15) is 11.1 Å². The van der Waals surface area contributed by atoms with E-state index in [-0.39, 0.29) is 39.7 Å². The molecule has 0 unspecified atom stereocenters. The van der Waals surface area contributed by atoms with Gasteiger partial charge < -0.3 is 20.6 Å². The number of allylic oxidation sites excluding steroid dienone is 4. The summed E-state index contributed by atoms with van der Waals surface area (Å²) in [6, 6.07) is 9.10. The van der Waals surface area contributed by atoms with Gasteiger partial charge >= 0.3 is 30.7 Å². The maximum atomic E-state index is 7.00. The number of benzene rings is 1. The number of nitrogens with one attached hydrogen (secondary N) is 1. The zero-order chi connectivity index (χ0) is 14.6. The molecule has 1 nitrogen and oxygen atoms in total. The van der Waals surface area contributed by atoms with Crippen molar-refractivity contribution >= 4 is 43.6 Å². The Morgan fingerprint density at radius 1 is 0.955 bits per heavy atom. The normalized spacial score (nSPS) is 7.55. The molecule has 0 fully saturated rings. The van der Waals surface area contributed by atoms with E-state index in [9.17, 15) is 0 Å². The van der Waals surface area contributed by atoms with E-state index in [4.69, 9.17) is 5.73 Å². The van der Waals surface area contributed by atoms with Crippen molar-refractivity contribution in [2.75, 3.05) is 0 Å². The van der Waals surface area contributed by atoms with Gasteiger partial charge in [-0.25, -0.2) is 5.57 Å². The van der Waals surface area contributed by atoms with E-state index in [1.165, 1.54) is 29.8 Å². The quantitative estimate of drug-likeness (QED) is 0.278. The Bertz CT molecular complexity index is 389. The molecule has 0 amide bonds. The van der Waals surface area contributed by atoms with Crippen molar-refractivity contribution in [1.29, 1.82) is 0 Å². The standard InChI is InChI=1S/C9H15.C6H6N.2CH3.2ClH.GeH2.Ti/c1-6-8(4)9(5)7(2)3;7-6-4-2-1-3-5-6;;;;;;/h1-5H3;1-5,7H;2*1H3;2*1H;1H2;/q4*-1;;;;. The summed E-state index contributed by atoms with van der Waals surface area (Å²) in [7, 11) is 0. The average molecular weight is 441 g/mol. The fourth-order valence-corrected chi connectivity index (χ4v) is 1.00. The van der Waals surface area contributed by atoms with Gasteiger partial charge in [-0.3, -0.25) is 6.08 Å². The molecular weight excluding hydrogens is 410 g/mol. The fraction of sp³-hybridized carbons (Fsp3) is 0.294. The van der Waals surface area contributed by atoms with Crippen LogP contribution in [0.15, 0.2) is 47.1 Å². The molecule has 0 atom stereocenters. The van der Waals surface area contributed by atoms with E-state index in [1.807, 2.05) is 25.1 Å². The SMILES string of the molecule is C[C-]=C(C)C(C)=C(C)C.Cl.Cl.[CH3-].[CH3-].[NH-]c1ccccc1.[Ti]=[GeH2]. The van der Waals surface area contributed by atoms with Crippen molar-refractivity contribution in [3.8, 4) is 0 Å². The van der Waals surface area contributed by atoms with Gasteiger partial charge in [0.2, 0.25) is 0 Å². The van der Waals surface area contributed by atoms with Gasteiger partial charge in [-0.05, 0) is 0 Å². The monoisotopic (exact) mass is 441 g/mol. The Balaban J connectivity index is -0.0000000453. The molecule has 0 saturated heterocycles. The zero-order valence-electron chi connectivity index (χ0n) is 14.9. The van der Waals surface area contributed by atoms with Gasteiger partial charge in [0.25, 0.3) is 0 Å². The Morgan fingerprint density at radius 3 is 1.45 bits per heavy atom. The van der Waals surface area contributed by atoms with Crippen molar-refractivity contribution in [3.63, 3.8) is 0 Å². The molecular formula is C17H31Cl2GeNTi-4. The van der Waals surface area contributed by atoms with Crippen molar-refractivity contribution in [2.45, 2.75) is 34.6 Å². The molecule has 1 aromatic carbocycles. The number of rotatable bonds is 1. The second kappa shape index (κ2) is 26.2.